The molecule has 0 radical (unpaired) electrons. The Kier molecular flexibility index (Phi) is 6.33. The van der Waals surface area contributed by atoms with E-state index in [9.17, 15) is 0 Å². The summed E-state index contributed by atoms with van der Waals surface area (Å²) in [7, 11) is 0. The van der Waals surface area contributed by atoms with Gasteiger partial charge < -0.3 is 0 Å². The van der Waals surface area contributed by atoms with Crippen molar-refractivity contribution in [3.63, 3.8) is 0 Å². The van der Waals surface area contributed by atoms with Crippen LogP contribution in [0.25, 0.3) is 0 Å². The van der Waals surface area contributed by atoms with Crippen LogP contribution in [0, 0.1) is 6.92 Å². The molecule has 10 heavy (non-hydrogen) atoms. The predicted molar refractivity (Wildman–Crippen MR) is 56.0 cm³/mol. The second-order valence-electron chi connectivity index (χ2n) is 1.49. The van der Waals surface area contributed by atoms with E-state index < -0.39 is 0 Å². The molecule has 0 fully saturated rings. The molecule has 1 unspecified atom stereocenters. The number of rotatable bonds is 1. The van der Waals surface area contributed by atoms with Crippen molar-refractivity contribution >= 4 is 28.4 Å². The van der Waals surface area contributed by atoms with E-state index in [2.05, 4.69) is 27.1 Å². The van der Waals surface area contributed by atoms with Crippen molar-refractivity contribution in [1.29, 1.82) is 0 Å². The van der Waals surface area contributed by atoms with Gasteiger partial charge in [0.15, 0.2) is 0 Å². The molecule has 1 aromatic rings. The van der Waals surface area contributed by atoms with Gasteiger partial charge in [-0.05, 0) is 35.0 Å². The van der Waals surface area contributed by atoms with Crippen LogP contribution in [0.5, 0.6) is 0 Å². The first-order chi connectivity index (χ1) is 4.83. The van der Waals surface area contributed by atoms with E-state index in [-0.39, 0.29) is 0 Å². The molecule has 1 aromatic heterocycles. The van der Waals surface area contributed by atoms with Crippen LogP contribution in [0.3, 0.4) is 0 Å². The van der Waals surface area contributed by atoms with Gasteiger partial charge in [-0.15, -0.1) is 0 Å². The minimum Gasteiger partial charge on any atom is -0.245 e. The van der Waals surface area contributed by atoms with Crippen LogP contribution in [0.2, 0.25) is 0 Å². The number of hydrogen-bond donors (Lipinski definition) is 0. The monoisotopic (exact) mass is 270 g/mol. The summed E-state index contributed by atoms with van der Waals surface area (Å²) in [5.74, 6) is 0. The summed E-state index contributed by atoms with van der Waals surface area (Å²) >= 11 is 2.29. The SMILES string of the molecule is CC.Cc1ccn(PI)n1. The molecule has 0 spiro atoms. The van der Waals surface area contributed by atoms with E-state index in [0.29, 0.717) is 0 Å². The Morgan fingerprint density at radius 3 is 2.40 bits per heavy atom. The number of hydrogen-bond acceptors (Lipinski definition) is 1. The van der Waals surface area contributed by atoms with E-state index in [1.54, 1.807) is 0 Å². The maximum Gasteiger partial charge on any atom is 0.0677 e. The van der Waals surface area contributed by atoms with Gasteiger partial charge in [0.2, 0.25) is 0 Å². The van der Waals surface area contributed by atoms with Gasteiger partial charge in [0.05, 0.1) is 12.1 Å². The van der Waals surface area contributed by atoms with Crippen LogP contribution in [-0.2, 0) is 0 Å². The summed E-state index contributed by atoms with van der Waals surface area (Å²) in [4.78, 5) is 0. The van der Waals surface area contributed by atoms with Crippen LogP contribution >= 0.6 is 28.4 Å². The fourth-order valence-corrected chi connectivity index (χ4v) is 1.59. The van der Waals surface area contributed by atoms with Crippen molar-refractivity contribution in [1.82, 2.24) is 9.55 Å². The lowest BCUT2D eigenvalue weighted by Crippen LogP contribution is -1.79. The molecule has 0 aliphatic carbocycles. The molecule has 1 heterocycles. The van der Waals surface area contributed by atoms with Crippen molar-refractivity contribution < 1.29 is 0 Å². The van der Waals surface area contributed by atoms with Crippen molar-refractivity contribution in [2.45, 2.75) is 20.8 Å². The molecule has 0 aliphatic rings. The van der Waals surface area contributed by atoms with Crippen molar-refractivity contribution in [3.8, 4) is 0 Å². The van der Waals surface area contributed by atoms with Gasteiger partial charge in [-0.25, -0.2) is 4.45 Å². The first kappa shape index (κ1) is 10.4. The van der Waals surface area contributed by atoms with Crippen molar-refractivity contribution in [2.75, 3.05) is 0 Å². The van der Waals surface area contributed by atoms with Crippen molar-refractivity contribution in [2.24, 2.45) is 0 Å². The van der Waals surface area contributed by atoms with Crippen molar-refractivity contribution in [3.05, 3.63) is 18.0 Å². The average Bonchev–Trinajstić information content (AvgIpc) is 2.40. The number of nitrogens with zero attached hydrogens (tertiary/aromatic N) is 2. The Hall–Kier alpha value is 0.370. The van der Waals surface area contributed by atoms with Crippen LogP contribution in [0.4, 0.5) is 0 Å². The lowest BCUT2D eigenvalue weighted by Gasteiger charge is -1.87. The third-order valence-corrected chi connectivity index (χ3v) is 2.71. The van der Waals surface area contributed by atoms with E-state index in [1.807, 2.05) is 37.5 Å². The number of halogens is 1. The molecule has 4 heteroatoms. The summed E-state index contributed by atoms with van der Waals surface area (Å²) in [5, 5.41) is 4.15. The second kappa shape index (κ2) is 6.10. The van der Waals surface area contributed by atoms with E-state index in [0.717, 1.165) is 12.1 Å². The lowest BCUT2D eigenvalue weighted by molar-refractivity contribution is 0.979. The molecule has 0 aliphatic heterocycles. The van der Waals surface area contributed by atoms with Crippen LogP contribution in [0.15, 0.2) is 12.3 Å². The first-order valence-electron chi connectivity index (χ1n) is 3.22. The Labute approximate surface area is 76.7 Å². The van der Waals surface area contributed by atoms with E-state index in [4.69, 9.17) is 0 Å². The Morgan fingerprint density at radius 2 is 2.20 bits per heavy atom. The fourth-order valence-electron chi connectivity index (χ4n) is 0.462. The third kappa shape index (κ3) is 3.52. The smallest absolute Gasteiger partial charge is 0.0677 e. The highest BCUT2D eigenvalue weighted by atomic mass is 127. The largest absolute Gasteiger partial charge is 0.245 e. The highest BCUT2D eigenvalue weighted by Crippen LogP contribution is 2.21. The summed E-state index contributed by atoms with van der Waals surface area (Å²) in [6.07, 6.45) is 2.71. The average molecular weight is 270 g/mol. The highest BCUT2D eigenvalue weighted by Gasteiger charge is 1.87. The van der Waals surface area contributed by atoms with Gasteiger partial charge in [0.25, 0.3) is 0 Å². The zero-order valence-corrected chi connectivity index (χ0v) is 9.58. The molecule has 0 bridgehead atoms. The predicted octanol–water partition coefficient (Wildman–Crippen LogP) is 3.01. The minimum absolute atomic E-state index is 0.726. The molecular weight excluding hydrogens is 258 g/mol. The van der Waals surface area contributed by atoms with Gasteiger partial charge in [-0.3, -0.25) is 0 Å². The van der Waals surface area contributed by atoms with Gasteiger partial charge in [-0.2, -0.15) is 5.10 Å². The molecule has 2 nitrogen and oxygen atoms in total. The summed E-state index contributed by atoms with van der Waals surface area (Å²) < 4.78 is 1.93. The summed E-state index contributed by atoms with van der Waals surface area (Å²) in [6, 6.07) is 2.01. The topological polar surface area (TPSA) is 17.8 Å². The molecule has 1 rings (SSSR count). The fraction of sp³-hybridized carbons (Fsp3) is 0.500. The second-order valence-corrected chi connectivity index (χ2v) is 3.56. The standard InChI is InChI=1S/C4H6IN2P.C2H6/c1-4-2-3-7(6-4)8-5;1-2/h2-3,8H,1H3;1-2H3. The van der Waals surface area contributed by atoms with E-state index >= 15 is 0 Å². The highest BCUT2D eigenvalue weighted by molar-refractivity contribution is 14.2. The molecule has 0 saturated carbocycles. The number of aromatic nitrogens is 2. The van der Waals surface area contributed by atoms with Crippen LogP contribution in [-0.4, -0.2) is 9.55 Å². The minimum atomic E-state index is 0.726. The summed E-state index contributed by atoms with van der Waals surface area (Å²) in [6.45, 7) is 5.99. The molecule has 0 aromatic carbocycles. The van der Waals surface area contributed by atoms with Gasteiger partial charge >= 0.3 is 0 Å². The molecule has 1 atom stereocenters. The molecular formula is C6H12IN2P. The number of aryl methyl sites for hydroxylation is 1. The van der Waals surface area contributed by atoms with Gasteiger partial charge in [0, 0.05) is 6.20 Å². The molecule has 0 N–H and O–H groups in total. The zero-order valence-electron chi connectivity index (χ0n) is 6.43. The first-order valence-corrected chi connectivity index (χ1v) is 7.28. The zero-order chi connectivity index (χ0) is 7.98. The summed E-state index contributed by atoms with van der Waals surface area (Å²) in [5.41, 5.74) is 1.09. The quantitative estimate of drug-likeness (QED) is 0.566. The van der Waals surface area contributed by atoms with Crippen LogP contribution < -0.4 is 0 Å². The van der Waals surface area contributed by atoms with Gasteiger partial charge in [0.1, 0.15) is 0 Å². The van der Waals surface area contributed by atoms with E-state index in [1.165, 1.54) is 0 Å². The Balaban J connectivity index is 0.000000371. The molecule has 0 amide bonds. The Morgan fingerprint density at radius 1 is 1.60 bits per heavy atom. The normalized spacial score (nSPS) is 9.60. The van der Waals surface area contributed by atoms with Gasteiger partial charge in [-0.1, -0.05) is 13.8 Å². The molecule has 0 saturated heterocycles. The van der Waals surface area contributed by atoms with Crippen LogP contribution in [0.1, 0.15) is 19.5 Å². The maximum atomic E-state index is 4.15. The third-order valence-electron chi connectivity index (χ3n) is 0.809. The maximum absolute atomic E-state index is 4.15. The molecule has 58 valence electrons. The Bertz CT molecular complexity index is 176. The lowest BCUT2D eigenvalue weighted by atomic mass is 10.5.